The van der Waals surface area contributed by atoms with Gasteiger partial charge < -0.3 is 9.84 Å². The number of benzene rings is 2. The lowest BCUT2D eigenvalue weighted by Gasteiger charge is -2.14. The van der Waals surface area contributed by atoms with Crippen LogP contribution in [-0.2, 0) is 11.3 Å². The Hall–Kier alpha value is -1.42. The summed E-state index contributed by atoms with van der Waals surface area (Å²) in [6, 6.07) is 11.2. The fraction of sp³-hybridized carbons (Fsp3) is 0.200. The van der Waals surface area contributed by atoms with Crippen molar-refractivity contribution in [1.29, 1.82) is 0 Å². The van der Waals surface area contributed by atoms with Crippen LogP contribution in [-0.4, -0.2) is 12.2 Å². The number of ether oxygens (including phenoxy) is 1. The number of rotatable bonds is 4. The van der Waals surface area contributed by atoms with Crippen molar-refractivity contribution in [3.8, 4) is 0 Å². The Labute approximate surface area is 116 Å². The highest BCUT2D eigenvalue weighted by atomic mass is 35.5. The van der Waals surface area contributed by atoms with Crippen LogP contribution in [0.4, 0.5) is 4.39 Å². The average Bonchev–Trinajstić information content (AvgIpc) is 2.41. The Kier molecular flexibility index (Phi) is 4.53. The molecule has 0 aliphatic carbocycles. The molecule has 100 valence electrons. The fourth-order valence-corrected chi connectivity index (χ4v) is 2.14. The van der Waals surface area contributed by atoms with Crippen molar-refractivity contribution in [1.82, 2.24) is 0 Å². The summed E-state index contributed by atoms with van der Waals surface area (Å²) in [7, 11) is 1.60. The maximum absolute atomic E-state index is 13.2. The summed E-state index contributed by atoms with van der Waals surface area (Å²) >= 11 is 5.99. The number of halogens is 2. The molecule has 4 heteroatoms. The molecule has 0 radical (unpaired) electrons. The van der Waals surface area contributed by atoms with Crippen LogP contribution in [0.15, 0.2) is 42.5 Å². The van der Waals surface area contributed by atoms with Crippen LogP contribution in [0.3, 0.4) is 0 Å². The van der Waals surface area contributed by atoms with E-state index in [9.17, 15) is 9.50 Å². The van der Waals surface area contributed by atoms with Crippen molar-refractivity contribution in [3.63, 3.8) is 0 Å². The Balaban J connectivity index is 2.35. The second-order valence-corrected chi connectivity index (χ2v) is 4.65. The van der Waals surface area contributed by atoms with E-state index in [1.807, 2.05) is 18.2 Å². The van der Waals surface area contributed by atoms with Crippen molar-refractivity contribution in [2.24, 2.45) is 0 Å². The Morgan fingerprint density at radius 2 is 2.05 bits per heavy atom. The minimum Gasteiger partial charge on any atom is -0.384 e. The number of hydrogen-bond acceptors (Lipinski definition) is 2. The molecule has 0 aromatic heterocycles. The molecule has 19 heavy (non-hydrogen) atoms. The zero-order valence-corrected chi connectivity index (χ0v) is 11.2. The molecule has 2 aromatic carbocycles. The van der Waals surface area contributed by atoms with Gasteiger partial charge in [0.1, 0.15) is 11.9 Å². The minimum absolute atomic E-state index is 0.339. The van der Waals surface area contributed by atoms with E-state index in [-0.39, 0.29) is 0 Å². The highest BCUT2D eigenvalue weighted by Crippen LogP contribution is 2.29. The molecule has 2 aromatic rings. The molecule has 1 unspecified atom stereocenters. The molecule has 0 aliphatic rings. The molecule has 1 atom stereocenters. The van der Waals surface area contributed by atoms with Gasteiger partial charge in [0.2, 0.25) is 0 Å². The third-order valence-electron chi connectivity index (χ3n) is 2.83. The lowest BCUT2D eigenvalue weighted by atomic mass is 10.00. The molecule has 0 bridgehead atoms. The van der Waals surface area contributed by atoms with E-state index in [2.05, 4.69) is 0 Å². The van der Waals surface area contributed by atoms with Crippen LogP contribution in [0.5, 0.6) is 0 Å². The summed E-state index contributed by atoms with van der Waals surface area (Å²) in [4.78, 5) is 0. The first-order valence-electron chi connectivity index (χ1n) is 5.82. The second kappa shape index (κ2) is 6.15. The van der Waals surface area contributed by atoms with E-state index >= 15 is 0 Å². The van der Waals surface area contributed by atoms with Crippen molar-refractivity contribution >= 4 is 11.6 Å². The smallest absolute Gasteiger partial charge is 0.123 e. The number of aliphatic hydroxyl groups is 1. The lowest BCUT2D eigenvalue weighted by molar-refractivity contribution is 0.184. The summed E-state index contributed by atoms with van der Waals surface area (Å²) in [5, 5.41) is 10.6. The Morgan fingerprint density at radius 1 is 1.26 bits per heavy atom. The largest absolute Gasteiger partial charge is 0.384 e. The molecular weight excluding hydrogens is 267 g/mol. The Bertz CT molecular complexity index is 572. The van der Waals surface area contributed by atoms with Gasteiger partial charge in [-0.3, -0.25) is 0 Å². The highest BCUT2D eigenvalue weighted by molar-refractivity contribution is 6.31. The van der Waals surface area contributed by atoms with Gasteiger partial charge in [0.05, 0.1) is 6.61 Å². The van der Waals surface area contributed by atoms with Gasteiger partial charge in [-0.1, -0.05) is 35.9 Å². The van der Waals surface area contributed by atoms with Crippen LogP contribution < -0.4 is 0 Å². The summed E-state index contributed by atoms with van der Waals surface area (Å²) in [5.41, 5.74) is 1.95. The first kappa shape index (κ1) is 14.0. The van der Waals surface area contributed by atoms with Crippen LogP contribution in [0, 0.1) is 5.82 Å². The van der Waals surface area contributed by atoms with Gasteiger partial charge in [0.25, 0.3) is 0 Å². The minimum atomic E-state index is -0.958. The molecule has 0 aliphatic heterocycles. The van der Waals surface area contributed by atoms with Gasteiger partial charge in [-0.2, -0.15) is 0 Å². The zero-order valence-electron chi connectivity index (χ0n) is 10.4. The first-order chi connectivity index (χ1) is 9.11. The highest BCUT2D eigenvalue weighted by Gasteiger charge is 2.15. The second-order valence-electron chi connectivity index (χ2n) is 4.25. The predicted octanol–water partition coefficient (Wildman–Crippen LogP) is 3.71. The molecule has 0 fully saturated rings. The van der Waals surface area contributed by atoms with Crippen LogP contribution in [0.1, 0.15) is 22.8 Å². The predicted molar refractivity (Wildman–Crippen MR) is 72.6 cm³/mol. The topological polar surface area (TPSA) is 29.5 Å². The molecule has 2 rings (SSSR count). The molecule has 0 saturated carbocycles. The molecule has 0 heterocycles. The maximum atomic E-state index is 13.2. The van der Waals surface area contributed by atoms with Gasteiger partial charge in [-0.15, -0.1) is 0 Å². The SMILES string of the molecule is COCc1cccc(C(O)c2cc(F)ccc2Cl)c1. The summed E-state index contributed by atoms with van der Waals surface area (Å²) < 4.78 is 18.3. The van der Waals surface area contributed by atoms with E-state index in [1.54, 1.807) is 13.2 Å². The Morgan fingerprint density at radius 3 is 2.79 bits per heavy atom. The van der Waals surface area contributed by atoms with Gasteiger partial charge >= 0.3 is 0 Å². The lowest BCUT2D eigenvalue weighted by Crippen LogP contribution is -2.02. The van der Waals surface area contributed by atoms with Crippen LogP contribution in [0.2, 0.25) is 5.02 Å². The van der Waals surface area contributed by atoms with Crippen LogP contribution in [0.25, 0.3) is 0 Å². The van der Waals surface area contributed by atoms with E-state index in [1.165, 1.54) is 18.2 Å². The van der Waals surface area contributed by atoms with Crippen molar-refractivity contribution in [3.05, 3.63) is 70.0 Å². The van der Waals surface area contributed by atoms with E-state index in [4.69, 9.17) is 16.3 Å². The molecule has 1 N–H and O–H groups in total. The monoisotopic (exact) mass is 280 g/mol. The van der Waals surface area contributed by atoms with Crippen molar-refractivity contribution in [2.45, 2.75) is 12.7 Å². The molecule has 0 spiro atoms. The van der Waals surface area contributed by atoms with E-state index < -0.39 is 11.9 Å². The van der Waals surface area contributed by atoms with E-state index in [0.717, 1.165) is 5.56 Å². The normalized spacial score (nSPS) is 12.4. The van der Waals surface area contributed by atoms with Crippen molar-refractivity contribution in [2.75, 3.05) is 7.11 Å². The number of aliphatic hydroxyl groups excluding tert-OH is 1. The molecule has 0 saturated heterocycles. The molecule has 2 nitrogen and oxygen atoms in total. The van der Waals surface area contributed by atoms with E-state index in [0.29, 0.717) is 22.8 Å². The molecular formula is C15H14ClFO2. The summed E-state index contributed by atoms with van der Waals surface area (Å²) in [6.07, 6.45) is -0.958. The van der Waals surface area contributed by atoms with Gasteiger partial charge in [-0.05, 0) is 29.3 Å². The standard InChI is InChI=1S/C15H14ClFO2/c1-19-9-10-3-2-4-11(7-10)15(18)13-8-12(17)5-6-14(13)16/h2-8,15,18H,9H2,1H3. The number of hydrogen-bond donors (Lipinski definition) is 1. The number of methoxy groups -OCH3 is 1. The van der Waals surface area contributed by atoms with Crippen LogP contribution >= 0.6 is 11.6 Å². The maximum Gasteiger partial charge on any atom is 0.123 e. The average molecular weight is 281 g/mol. The third-order valence-corrected chi connectivity index (χ3v) is 3.17. The quantitative estimate of drug-likeness (QED) is 0.925. The van der Waals surface area contributed by atoms with Gasteiger partial charge in [0.15, 0.2) is 0 Å². The first-order valence-corrected chi connectivity index (χ1v) is 6.20. The van der Waals surface area contributed by atoms with Crippen molar-refractivity contribution < 1.29 is 14.2 Å². The zero-order chi connectivity index (χ0) is 13.8. The fourth-order valence-electron chi connectivity index (χ4n) is 1.92. The molecule has 0 amide bonds. The third kappa shape index (κ3) is 3.32. The summed E-state index contributed by atoms with van der Waals surface area (Å²) in [5.74, 6) is -0.425. The summed E-state index contributed by atoms with van der Waals surface area (Å²) in [6.45, 7) is 0.456. The van der Waals surface area contributed by atoms with Gasteiger partial charge in [-0.25, -0.2) is 4.39 Å². The van der Waals surface area contributed by atoms with Gasteiger partial charge in [0, 0.05) is 17.7 Å².